The van der Waals surface area contributed by atoms with Gasteiger partial charge in [0.25, 0.3) is 0 Å². The summed E-state index contributed by atoms with van der Waals surface area (Å²) in [5.41, 5.74) is 1.72. The van der Waals surface area contributed by atoms with Crippen molar-refractivity contribution in [3.8, 4) is 5.69 Å². The second kappa shape index (κ2) is 6.51. The number of hydrogen-bond donors (Lipinski definition) is 2. The summed E-state index contributed by atoms with van der Waals surface area (Å²) in [6.07, 6.45) is 5.31. The molecule has 0 bridgehead atoms. The molecular weight excluding hydrogens is 266 g/mol. The number of nitrogens with one attached hydrogen (secondary N) is 2. The Morgan fingerprint density at radius 3 is 2.86 bits per heavy atom. The summed E-state index contributed by atoms with van der Waals surface area (Å²) in [6, 6.07) is 7.73. The highest BCUT2D eigenvalue weighted by atomic mass is 16.2. The first-order valence-corrected chi connectivity index (χ1v) is 7.13. The van der Waals surface area contributed by atoms with Gasteiger partial charge in [-0.15, -0.1) is 0 Å². The predicted octanol–water partition coefficient (Wildman–Crippen LogP) is 0.716. The van der Waals surface area contributed by atoms with Crippen molar-refractivity contribution in [2.75, 3.05) is 38.0 Å². The second-order valence-corrected chi connectivity index (χ2v) is 5.06. The molecule has 6 heteroatoms. The number of carbonyl (C=O) groups excluding carboxylic acids is 1. The standard InChI is InChI=1S/C15H19N5O/c21-15(11-19-8-5-16-6-9-19)18-13-3-1-2-4-14(13)20-10-7-17-12-20/h1-4,7,10,12,16H,5-6,8-9,11H2,(H,18,21). The third-order valence-corrected chi connectivity index (χ3v) is 3.54. The van der Waals surface area contributed by atoms with Gasteiger partial charge in [-0.05, 0) is 12.1 Å². The molecule has 1 aromatic heterocycles. The van der Waals surface area contributed by atoms with Gasteiger partial charge in [-0.25, -0.2) is 4.98 Å². The van der Waals surface area contributed by atoms with E-state index in [0.717, 1.165) is 37.6 Å². The topological polar surface area (TPSA) is 62.2 Å². The molecule has 2 N–H and O–H groups in total. The van der Waals surface area contributed by atoms with Crippen molar-refractivity contribution in [1.29, 1.82) is 0 Å². The fourth-order valence-electron chi connectivity index (χ4n) is 2.47. The number of carbonyl (C=O) groups is 1. The van der Waals surface area contributed by atoms with Gasteiger partial charge in [-0.2, -0.15) is 0 Å². The Balaban J connectivity index is 1.68. The first-order chi connectivity index (χ1) is 10.3. The number of amides is 1. The second-order valence-electron chi connectivity index (χ2n) is 5.06. The van der Waals surface area contributed by atoms with E-state index in [1.54, 1.807) is 12.5 Å². The van der Waals surface area contributed by atoms with Gasteiger partial charge in [0.2, 0.25) is 5.91 Å². The number of anilines is 1. The molecular formula is C15H19N5O. The average Bonchev–Trinajstić information content (AvgIpc) is 3.03. The lowest BCUT2D eigenvalue weighted by molar-refractivity contribution is -0.117. The van der Waals surface area contributed by atoms with Crippen molar-refractivity contribution in [3.63, 3.8) is 0 Å². The van der Waals surface area contributed by atoms with Crippen LogP contribution in [0.25, 0.3) is 5.69 Å². The van der Waals surface area contributed by atoms with Crippen LogP contribution in [0.2, 0.25) is 0 Å². The largest absolute Gasteiger partial charge is 0.323 e. The molecule has 1 aliphatic heterocycles. The summed E-state index contributed by atoms with van der Waals surface area (Å²) in [7, 11) is 0. The third kappa shape index (κ3) is 3.48. The van der Waals surface area contributed by atoms with E-state index in [1.807, 2.05) is 35.0 Å². The van der Waals surface area contributed by atoms with E-state index in [9.17, 15) is 4.79 Å². The molecule has 21 heavy (non-hydrogen) atoms. The smallest absolute Gasteiger partial charge is 0.238 e. The molecule has 3 rings (SSSR count). The summed E-state index contributed by atoms with van der Waals surface area (Å²) >= 11 is 0. The van der Waals surface area contributed by atoms with Crippen molar-refractivity contribution in [1.82, 2.24) is 19.8 Å². The number of benzene rings is 1. The summed E-state index contributed by atoms with van der Waals surface area (Å²) in [5, 5.41) is 6.28. The normalized spacial score (nSPS) is 15.8. The average molecular weight is 285 g/mol. The summed E-state index contributed by atoms with van der Waals surface area (Å²) in [4.78, 5) is 18.4. The van der Waals surface area contributed by atoms with Gasteiger partial charge < -0.3 is 15.2 Å². The number of nitrogens with zero attached hydrogens (tertiary/aromatic N) is 3. The molecule has 6 nitrogen and oxygen atoms in total. The third-order valence-electron chi connectivity index (χ3n) is 3.54. The van der Waals surface area contributed by atoms with Gasteiger partial charge in [-0.1, -0.05) is 12.1 Å². The fourth-order valence-corrected chi connectivity index (χ4v) is 2.47. The van der Waals surface area contributed by atoms with Crippen molar-refractivity contribution < 1.29 is 4.79 Å². The van der Waals surface area contributed by atoms with E-state index < -0.39 is 0 Å². The van der Waals surface area contributed by atoms with E-state index >= 15 is 0 Å². The zero-order valence-corrected chi connectivity index (χ0v) is 11.8. The Morgan fingerprint density at radius 2 is 2.10 bits per heavy atom. The number of piperazine rings is 1. The van der Waals surface area contributed by atoms with Crippen LogP contribution in [0.1, 0.15) is 0 Å². The Morgan fingerprint density at radius 1 is 1.29 bits per heavy atom. The quantitative estimate of drug-likeness (QED) is 0.869. The van der Waals surface area contributed by atoms with E-state index in [0.29, 0.717) is 6.54 Å². The van der Waals surface area contributed by atoms with Crippen LogP contribution in [0, 0.1) is 0 Å². The molecule has 0 spiro atoms. The van der Waals surface area contributed by atoms with Crippen LogP contribution < -0.4 is 10.6 Å². The van der Waals surface area contributed by atoms with Crippen LogP contribution in [0.4, 0.5) is 5.69 Å². The van der Waals surface area contributed by atoms with E-state index in [2.05, 4.69) is 20.5 Å². The molecule has 0 unspecified atom stereocenters. The molecule has 2 heterocycles. The zero-order valence-electron chi connectivity index (χ0n) is 11.8. The molecule has 0 atom stereocenters. The maximum atomic E-state index is 12.2. The number of imidazole rings is 1. The molecule has 2 aromatic rings. The molecule has 1 amide bonds. The van der Waals surface area contributed by atoms with Crippen LogP contribution in [0.15, 0.2) is 43.0 Å². The number of rotatable bonds is 4. The van der Waals surface area contributed by atoms with Crippen LogP contribution in [0.5, 0.6) is 0 Å². The minimum atomic E-state index is 0.0180. The van der Waals surface area contributed by atoms with Crippen LogP contribution in [-0.2, 0) is 4.79 Å². The van der Waals surface area contributed by atoms with Crippen molar-refractivity contribution >= 4 is 11.6 Å². The van der Waals surface area contributed by atoms with Gasteiger partial charge in [0.15, 0.2) is 0 Å². The maximum Gasteiger partial charge on any atom is 0.238 e. The minimum Gasteiger partial charge on any atom is -0.323 e. The first kappa shape index (κ1) is 13.8. The lowest BCUT2D eigenvalue weighted by Crippen LogP contribution is -2.46. The minimum absolute atomic E-state index is 0.0180. The Bertz CT molecular complexity index is 590. The molecule has 1 fully saturated rings. The van der Waals surface area contributed by atoms with E-state index in [1.165, 1.54) is 0 Å². The van der Waals surface area contributed by atoms with Gasteiger partial charge in [0.05, 0.1) is 24.2 Å². The van der Waals surface area contributed by atoms with Crippen molar-refractivity contribution in [2.45, 2.75) is 0 Å². The first-order valence-electron chi connectivity index (χ1n) is 7.13. The highest BCUT2D eigenvalue weighted by molar-refractivity contribution is 5.94. The molecule has 0 aliphatic carbocycles. The molecule has 0 radical (unpaired) electrons. The lowest BCUT2D eigenvalue weighted by atomic mass is 10.2. The SMILES string of the molecule is O=C(CN1CCNCC1)Nc1ccccc1-n1ccnc1. The van der Waals surface area contributed by atoms with Crippen molar-refractivity contribution in [3.05, 3.63) is 43.0 Å². The summed E-state index contributed by atoms with van der Waals surface area (Å²) < 4.78 is 1.89. The predicted molar refractivity (Wildman–Crippen MR) is 81.5 cm³/mol. The molecule has 1 aliphatic rings. The Labute approximate surface area is 123 Å². The fraction of sp³-hybridized carbons (Fsp3) is 0.333. The molecule has 1 saturated heterocycles. The molecule has 0 saturated carbocycles. The van der Waals surface area contributed by atoms with E-state index in [-0.39, 0.29) is 5.91 Å². The Kier molecular flexibility index (Phi) is 4.28. The summed E-state index contributed by atoms with van der Waals surface area (Å²) in [6.45, 7) is 4.14. The van der Waals surface area contributed by atoms with Crippen molar-refractivity contribution in [2.24, 2.45) is 0 Å². The van der Waals surface area contributed by atoms with Gasteiger partial charge in [0.1, 0.15) is 0 Å². The number of hydrogen-bond acceptors (Lipinski definition) is 4. The zero-order chi connectivity index (χ0) is 14.5. The Hall–Kier alpha value is -2.18. The number of aromatic nitrogens is 2. The highest BCUT2D eigenvalue weighted by Gasteiger charge is 2.14. The monoisotopic (exact) mass is 285 g/mol. The lowest BCUT2D eigenvalue weighted by Gasteiger charge is -2.26. The van der Waals surface area contributed by atoms with Crippen LogP contribution in [0.3, 0.4) is 0 Å². The van der Waals surface area contributed by atoms with Crippen LogP contribution >= 0.6 is 0 Å². The molecule has 110 valence electrons. The van der Waals surface area contributed by atoms with Gasteiger partial charge in [0, 0.05) is 38.6 Å². The number of para-hydroxylation sites is 2. The highest BCUT2D eigenvalue weighted by Crippen LogP contribution is 2.19. The van der Waals surface area contributed by atoms with Gasteiger partial charge >= 0.3 is 0 Å². The molecule has 1 aromatic carbocycles. The van der Waals surface area contributed by atoms with E-state index in [4.69, 9.17) is 0 Å². The maximum absolute atomic E-state index is 12.2. The summed E-state index contributed by atoms with van der Waals surface area (Å²) in [5.74, 6) is 0.0180. The van der Waals surface area contributed by atoms with Crippen LogP contribution in [-0.4, -0.2) is 53.1 Å². The van der Waals surface area contributed by atoms with Gasteiger partial charge in [-0.3, -0.25) is 9.69 Å².